The van der Waals surface area contributed by atoms with Crippen molar-refractivity contribution in [2.45, 2.75) is 37.8 Å². The number of carbonyl (C=O) groups is 3. The van der Waals surface area contributed by atoms with Gasteiger partial charge >= 0.3 is 0 Å². The first-order chi connectivity index (χ1) is 16.5. The molecule has 2 N–H and O–H groups in total. The molecule has 1 aliphatic carbocycles. The Balaban J connectivity index is 1.32. The second kappa shape index (κ2) is 9.60. The molecular formula is C26H24ClN3O3S. The number of anilines is 1. The number of hydrogen-bond acceptors (Lipinski definition) is 4. The number of hydrogen-bond donors (Lipinski definition) is 2. The summed E-state index contributed by atoms with van der Waals surface area (Å²) in [5, 5.41) is 6.19. The summed E-state index contributed by atoms with van der Waals surface area (Å²) < 4.78 is 0.555. The summed E-state index contributed by atoms with van der Waals surface area (Å²) in [5.41, 5.74) is 3.42. The lowest BCUT2D eigenvalue weighted by Gasteiger charge is -2.27. The summed E-state index contributed by atoms with van der Waals surface area (Å²) in [6.45, 7) is 0.708. The van der Waals surface area contributed by atoms with Crippen LogP contribution in [0.4, 0.5) is 5.69 Å². The zero-order valence-electron chi connectivity index (χ0n) is 18.4. The van der Waals surface area contributed by atoms with Gasteiger partial charge in [0.25, 0.3) is 11.8 Å². The molecule has 6 nitrogen and oxygen atoms in total. The van der Waals surface area contributed by atoms with Gasteiger partial charge in [-0.3, -0.25) is 14.4 Å². The van der Waals surface area contributed by atoms with Crippen molar-refractivity contribution in [2.75, 3.05) is 11.4 Å². The number of amides is 3. The van der Waals surface area contributed by atoms with Gasteiger partial charge in [-0.25, -0.2) is 0 Å². The highest BCUT2D eigenvalue weighted by Gasteiger charge is 2.35. The molecule has 3 amide bonds. The van der Waals surface area contributed by atoms with Crippen LogP contribution in [-0.2, 0) is 11.2 Å². The SMILES string of the molecule is O=C(NC1c2ccccc2CC1NC(=O)c1ccc(Cl)s1)c1ccc(N2CCCCC2=O)cc1. The maximum atomic E-state index is 13.1. The van der Waals surface area contributed by atoms with Crippen molar-refractivity contribution in [2.24, 2.45) is 0 Å². The molecule has 1 aromatic heterocycles. The first-order valence-corrected chi connectivity index (χ1v) is 12.5. The minimum Gasteiger partial charge on any atom is -0.346 e. The number of benzene rings is 2. The Morgan fingerprint density at radius 2 is 1.74 bits per heavy atom. The van der Waals surface area contributed by atoms with E-state index < -0.39 is 0 Å². The maximum Gasteiger partial charge on any atom is 0.261 e. The van der Waals surface area contributed by atoms with Crippen LogP contribution in [0.5, 0.6) is 0 Å². The smallest absolute Gasteiger partial charge is 0.261 e. The van der Waals surface area contributed by atoms with E-state index >= 15 is 0 Å². The predicted octanol–water partition coefficient (Wildman–Crippen LogP) is 4.74. The highest BCUT2D eigenvalue weighted by atomic mass is 35.5. The highest BCUT2D eigenvalue weighted by Crippen LogP contribution is 2.32. The van der Waals surface area contributed by atoms with Crippen molar-refractivity contribution in [3.63, 3.8) is 0 Å². The van der Waals surface area contributed by atoms with E-state index in [-0.39, 0.29) is 29.8 Å². The summed E-state index contributed by atoms with van der Waals surface area (Å²) in [6.07, 6.45) is 3.10. The quantitative estimate of drug-likeness (QED) is 0.538. The Kier molecular flexibility index (Phi) is 6.39. The van der Waals surface area contributed by atoms with E-state index in [1.807, 2.05) is 36.4 Å². The summed E-state index contributed by atoms with van der Waals surface area (Å²) in [7, 11) is 0. The van der Waals surface area contributed by atoms with Crippen molar-refractivity contribution in [1.82, 2.24) is 10.6 Å². The average molecular weight is 494 g/mol. The Labute approximate surface area is 206 Å². The standard InChI is InChI=1S/C26H24ClN3O3S/c27-22-13-12-21(34-22)26(33)28-20-15-17-5-1-2-6-19(17)24(20)29-25(32)16-8-10-18(11-9-16)30-14-4-3-7-23(30)31/h1-2,5-6,8-13,20,24H,3-4,7,14-15H2,(H,28,33)(H,29,32). The molecule has 2 atom stereocenters. The molecule has 34 heavy (non-hydrogen) atoms. The van der Waals surface area contributed by atoms with Crippen LogP contribution in [0.2, 0.25) is 4.34 Å². The number of nitrogens with one attached hydrogen (secondary N) is 2. The van der Waals surface area contributed by atoms with Crippen LogP contribution < -0.4 is 15.5 Å². The number of thiophene rings is 1. The highest BCUT2D eigenvalue weighted by molar-refractivity contribution is 7.18. The third-order valence-corrected chi connectivity index (χ3v) is 7.63. The Morgan fingerprint density at radius 1 is 0.941 bits per heavy atom. The number of carbonyl (C=O) groups excluding carboxylic acids is 3. The Bertz CT molecular complexity index is 1240. The first kappa shape index (κ1) is 22.6. The zero-order chi connectivity index (χ0) is 23.7. The number of rotatable bonds is 5. The van der Waals surface area contributed by atoms with Crippen molar-refractivity contribution >= 4 is 46.3 Å². The van der Waals surface area contributed by atoms with Crippen molar-refractivity contribution in [3.05, 3.63) is 86.6 Å². The van der Waals surface area contributed by atoms with E-state index in [1.54, 1.807) is 29.2 Å². The maximum absolute atomic E-state index is 13.1. The summed E-state index contributed by atoms with van der Waals surface area (Å²) in [4.78, 5) is 40.4. The van der Waals surface area contributed by atoms with E-state index in [2.05, 4.69) is 10.6 Å². The van der Waals surface area contributed by atoms with Gasteiger partial charge in [0.1, 0.15) is 0 Å². The minimum atomic E-state index is -0.355. The Hall–Kier alpha value is -3.16. The molecule has 3 aromatic rings. The van der Waals surface area contributed by atoms with Gasteiger partial charge in [-0.2, -0.15) is 0 Å². The van der Waals surface area contributed by atoms with Crippen LogP contribution in [-0.4, -0.2) is 30.3 Å². The Morgan fingerprint density at radius 3 is 2.47 bits per heavy atom. The summed E-state index contributed by atoms with van der Waals surface area (Å²) in [6, 6.07) is 17.8. The van der Waals surface area contributed by atoms with E-state index in [4.69, 9.17) is 11.6 Å². The van der Waals surface area contributed by atoms with Crippen LogP contribution in [0, 0.1) is 0 Å². The van der Waals surface area contributed by atoms with Crippen molar-refractivity contribution in [3.8, 4) is 0 Å². The van der Waals surface area contributed by atoms with E-state index in [0.29, 0.717) is 34.2 Å². The van der Waals surface area contributed by atoms with E-state index in [0.717, 1.165) is 29.7 Å². The second-order valence-electron chi connectivity index (χ2n) is 8.59. The number of piperidine rings is 1. The third kappa shape index (κ3) is 4.58. The number of nitrogens with zero attached hydrogens (tertiary/aromatic N) is 1. The molecular weight excluding hydrogens is 470 g/mol. The van der Waals surface area contributed by atoms with Gasteiger partial charge in [0.15, 0.2) is 0 Å². The number of halogens is 1. The molecule has 2 aliphatic rings. The van der Waals surface area contributed by atoms with Crippen LogP contribution in [0.1, 0.15) is 56.5 Å². The topological polar surface area (TPSA) is 78.5 Å². The van der Waals surface area contributed by atoms with Gasteiger partial charge in [0.05, 0.1) is 21.3 Å². The molecule has 0 bridgehead atoms. The summed E-state index contributed by atoms with van der Waals surface area (Å²) >= 11 is 7.21. The number of fused-ring (bicyclic) bond motifs is 1. The molecule has 8 heteroatoms. The molecule has 1 fully saturated rings. The van der Waals surface area contributed by atoms with Crippen LogP contribution >= 0.6 is 22.9 Å². The van der Waals surface area contributed by atoms with Gasteiger partial charge in [-0.05, 0) is 66.8 Å². The molecule has 0 spiro atoms. The molecule has 1 aliphatic heterocycles. The van der Waals surface area contributed by atoms with E-state index in [9.17, 15) is 14.4 Å². The van der Waals surface area contributed by atoms with Crippen molar-refractivity contribution in [1.29, 1.82) is 0 Å². The molecule has 0 saturated carbocycles. The normalized spacial score (nSPS) is 19.6. The van der Waals surface area contributed by atoms with Crippen LogP contribution in [0.15, 0.2) is 60.7 Å². The molecule has 5 rings (SSSR count). The largest absolute Gasteiger partial charge is 0.346 e. The van der Waals surface area contributed by atoms with Gasteiger partial charge in [-0.1, -0.05) is 35.9 Å². The first-order valence-electron chi connectivity index (χ1n) is 11.3. The molecule has 174 valence electrons. The lowest BCUT2D eigenvalue weighted by Crippen LogP contribution is -2.44. The third-order valence-electron chi connectivity index (χ3n) is 6.40. The zero-order valence-corrected chi connectivity index (χ0v) is 20.0. The fourth-order valence-corrected chi connectivity index (χ4v) is 5.63. The molecule has 0 radical (unpaired) electrons. The van der Waals surface area contributed by atoms with Crippen LogP contribution in [0.25, 0.3) is 0 Å². The second-order valence-corrected chi connectivity index (χ2v) is 10.3. The van der Waals surface area contributed by atoms with Gasteiger partial charge in [0.2, 0.25) is 5.91 Å². The minimum absolute atomic E-state index is 0.122. The monoisotopic (exact) mass is 493 g/mol. The van der Waals surface area contributed by atoms with Crippen LogP contribution in [0.3, 0.4) is 0 Å². The summed E-state index contributed by atoms with van der Waals surface area (Å²) in [5.74, 6) is -0.308. The van der Waals surface area contributed by atoms with Gasteiger partial charge < -0.3 is 15.5 Å². The van der Waals surface area contributed by atoms with E-state index in [1.165, 1.54) is 11.3 Å². The lowest BCUT2D eigenvalue weighted by molar-refractivity contribution is -0.119. The lowest BCUT2D eigenvalue weighted by atomic mass is 10.1. The molecule has 1 saturated heterocycles. The average Bonchev–Trinajstić information content (AvgIpc) is 3.43. The van der Waals surface area contributed by atoms with Gasteiger partial charge in [-0.15, -0.1) is 11.3 Å². The molecule has 2 heterocycles. The molecule has 2 unspecified atom stereocenters. The predicted molar refractivity (Wildman–Crippen MR) is 134 cm³/mol. The molecule has 2 aromatic carbocycles. The van der Waals surface area contributed by atoms with Gasteiger partial charge in [0, 0.05) is 24.2 Å². The fraction of sp³-hybridized carbons (Fsp3) is 0.269. The van der Waals surface area contributed by atoms with Crippen molar-refractivity contribution < 1.29 is 14.4 Å². The fourth-order valence-electron chi connectivity index (χ4n) is 4.68.